The van der Waals surface area contributed by atoms with Crippen molar-refractivity contribution in [3.05, 3.63) is 23.8 Å². The molecule has 8 nitrogen and oxygen atoms in total. The van der Waals surface area contributed by atoms with E-state index in [0.717, 1.165) is 77.3 Å². The van der Waals surface area contributed by atoms with E-state index in [9.17, 15) is 9.59 Å². The van der Waals surface area contributed by atoms with Crippen LogP contribution < -0.4 is 20.9 Å². The first-order valence-electron chi connectivity index (χ1n) is 13.1. The van der Waals surface area contributed by atoms with Crippen LogP contribution in [0.5, 0.6) is 0 Å². The topological polar surface area (TPSA) is 85.9 Å². The van der Waals surface area contributed by atoms with E-state index in [1.54, 1.807) is 0 Å². The number of piperidine rings is 1. The molecule has 0 aromatic heterocycles. The standard InChI is InChI=1S/C26H41N5O3/c1-20-9-12-31(13-10-20)24-8-7-22(29-26(33)28-21-5-3-2-4-6-21)19-23(24)25(32)27-11-14-30-15-17-34-18-16-30/h7-8,19-21H,2-6,9-18H2,1H3,(H,27,32)(H2,28,29,33). The molecule has 3 amide bonds. The van der Waals surface area contributed by atoms with Gasteiger partial charge in [0.15, 0.2) is 0 Å². The molecular formula is C26H41N5O3. The summed E-state index contributed by atoms with van der Waals surface area (Å²) in [7, 11) is 0. The van der Waals surface area contributed by atoms with Crippen LogP contribution in [0.1, 0.15) is 62.2 Å². The Hall–Kier alpha value is -2.32. The first-order chi connectivity index (χ1) is 16.6. The van der Waals surface area contributed by atoms with Crippen molar-refractivity contribution in [2.75, 3.05) is 62.7 Å². The van der Waals surface area contributed by atoms with Crippen molar-refractivity contribution in [1.82, 2.24) is 15.5 Å². The van der Waals surface area contributed by atoms with Crippen molar-refractivity contribution in [2.45, 2.75) is 57.9 Å². The largest absolute Gasteiger partial charge is 0.379 e. The number of hydrogen-bond acceptors (Lipinski definition) is 5. The summed E-state index contributed by atoms with van der Waals surface area (Å²) in [5, 5.41) is 9.16. The zero-order valence-electron chi connectivity index (χ0n) is 20.6. The Bertz CT molecular complexity index is 813. The average Bonchev–Trinajstić information content (AvgIpc) is 2.86. The number of urea groups is 1. The molecule has 8 heteroatoms. The van der Waals surface area contributed by atoms with Gasteiger partial charge in [0.1, 0.15) is 0 Å². The van der Waals surface area contributed by atoms with E-state index in [-0.39, 0.29) is 18.0 Å². The van der Waals surface area contributed by atoms with Crippen LogP contribution in [0, 0.1) is 5.92 Å². The smallest absolute Gasteiger partial charge is 0.319 e. The van der Waals surface area contributed by atoms with Gasteiger partial charge in [-0.25, -0.2) is 4.79 Å². The van der Waals surface area contributed by atoms with E-state index in [2.05, 4.69) is 32.7 Å². The third-order valence-corrected chi connectivity index (χ3v) is 7.38. The minimum Gasteiger partial charge on any atom is -0.379 e. The minimum atomic E-state index is -0.190. The predicted molar refractivity (Wildman–Crippen MR) is 136 cm³/mol. The summed E-state index contributed by atoms with van der Waals surface area (Å²) in [5.74, 6) is 0.629. The Balaban J connectivity index is 1.41. The maximum atomic E-state index is 13.3. The number of morpholine rings is 1. The second-order valence-electron chi connectivity index (χ2n) is 10.0. The molecule has 0 atom stereocenters. The number of carbonyl (C=O) groups excluding carboxylic acids is 2. The minimum absolute atomic E-state index is 0.0850. The van der Waals surface area contributed by atoms with Crippen molar-refractivity contribution in [1.29, 1.82) is 0 Å². The molecule has 3 N–H and O–H groups in total. The third kappa shape index (κ3) is 7.09. The van der Waals surface area contributed by atoms with Gasteiger partial charge in [0, 0.05) is 56.7 Å². The highest BCUT2D eigenvalue weighted by Crippen LogP contribution is 2.29. The van der Waals surface area contributed by atoms with Crippen molar-refractivity contribution < 1.29 is 14.3 Å². The number of nitrogens with zero attached hydrogens (tertiary/aromatic N) is 2. The molecule has 1 aliphatic carbocycles. The molecule has 1 aromatic rings. The number of rotatable bonds is 7. The predicted octanol–water partition coefficient (Wildman–Crippen LogP) is 3.44. The van der Waals surface area contributed by atoms with E-state index >= 15 is 0 Å². The van der Waals surface area contributed by atoms with Crippen molar-refractivity contribution in [3.63, 3.8) is 0 Å². The maximum Gasteiger partial charge on any atom is 0.319 e. The molecule has 2 saturated heterocycles. The van der Waals surface area contributed by atoms with E-state index in [1.165, 1.54) is 19.3 Å². The molecule has 3 fully saturated rings. The summed E-state index contributed by atoms with van der Waals surface area (Å²) in [6, 6.07) is 5.79. The third-order valence-electron chi connectivity index (χ3n) is 7.38. The van der Waals surface area contributed by atoms with Crippen molar-refractivity contribution >= 4 is 23.3 Å². The molecule has 1 aromatic carbocycles. The van der Waals surface area contributed by atoms with Gasteiger partial charge < -0.3 is 25.6 Å². The molecule has 0 spiro atoms. The summed E-state index contributed by atoms with van der Waals surface area (Å²) >= 11 is 0. The van der Waals surface area contributed by atoms with Gasteiger partial charge in [-0.05, 0) is 49.8 Å². The van der Waals surface area contributed by atoms with E-state index < -0.39 is 0 Å². The van der Waals surface area contributed by atoms with E-state index in [1.807, 2.05) is 18.2 Å². The van der Waals surface area contributed by atoms with Gasteiger partial charge in [-0.3, -0.25) is 9.69 Å². The zero-order chi connectivity index (χ0) is 23.8. The van der Waals surface area contributed by atoms with Gasteiger partial charge in [-0.15, -0.1) is 0 Å². The summed E-state index contributed by atoms with van der Waals surface area (Å²) in [6.45, 7) is 8.90. The first kappa shape index (κ1) is 24.8. The van der Waals surface area contributed by atoms with Gasteiger partial charge in [0.05, 0.1) is 18.8 Å². The molecule has 0 bridgehead atoms. The quantitative estimate of drug-likeness (QED) is 0.567. The van der Waals surface area contributed by atoms with Crippen LogP contribution in [-0.4, -0.2) is 75.4 Å². The van der Waals surface area contributed by atoms with Crippen LogP contribution in [0.2, 0.25) is 0 Å². The Morgan fingerprint density at radius 3 is 2.47 bits per heavy atom. The van der Waals surface area contributed by atoms with E-state index in [4.69, 9.17) is 4.74 Å². The Kier molecular flexibility index (Phi) is 9.04. The van der Waals surface area contributed by atoms with Crippen LogP contribution >= 0.6 is 0 Å². The van der Waals surface area contributed by atoms with Gasteiger partial charge in [-0.1, -0.05) is 26.2 Å². The molecule has 4 rings (SSSR count). The summed E-state index contributed by atoms with van der Waals surface area (Å²) in [4.78, 5) is 30.5. The second kappa shape index (κ2) is 12.4. The molecular weight excluding hydrogens is 430 g/mol. The highest BCUT2D eigenvalue weighted by molar-refractivity contribution is 6.02. The van der Waals surface area contributed by atoms with E-state index in [0.29, 0.717) is 23.7 Å². The number of benzene rings is 1. The lowest BCUT2D eigenvalue weighted by Crippen LogP contribution is -2.41. The maximum absolute atomic E-state index is 13.3. The highest BCUT2D eigenvalue weighted by Gasteiger charge is 2.23. The fraction of sp³-hybridized carbons (Fsp3) is 0.692. The fourth-order valence-electron chi connectivity index (χ4n) is 5.17. The Morgan fingerprint density at radius 2 is 1.74 bits per heavy atom. The molecule has 188 valence electrons. The van der Waals surface area contributed by atoms with Crippen LogP contribution in [0.4, 0.5) is 16.2 Å². The Labute approximate surface area is 203 Å². The second-order valence-corrected chi connectivity index (χ2v) is 10.0. The number of ether oxygens (including phenoxy) is 1. The number of carbonyl (C=O) groups is 2. The number of anilines is 2. The normalized spacial score (nSPS) is 20.7. The monoisotopic (exact) mass is 471 g/mol. The summed E-state index contributed by atoms with van der Waals surface area (Å²) in [5.41, 5.74) is 2.24. The fourth-order valence-corrected chi connectivity index (χ4v) is 5.17. The summed E-state index contributed by atoms with van der Waals surface area (Å²) < 4.78 is 5.41. The van der Waals surface area contributed by atoms with Crippen LogP contribution in [0.15, 0.2) is 18.2 Å². The van der Waals surface area contributed by atoms with Crippen molar-refractivity contribution in [2.24, 2.45) is 5.92 Å². The van der Waals surface area contributed by atoms with Gasteiger partial charge >= 0.3 is 6.03 Å². The van der Waals surface area contributed by atoms with Gasteiger partial charge in [0.25, 0.3) is 5.91 Å². The van der Waals surface area contributed by atoms with Gasteiger partial charge in [0.2, 0.25) is 0 Å². The lowest BCUT2D eigenvalue weighted by atomic mass is 9.96. The van der Waals surface area contributed by atoms with Crippen LogP contribution in [0.25, 0.3) is 0 Å². The van der Waals surface area contributed by atoms with Gasteiger partial charge in [-0.2, -0.15) is 0 Å². The molecule has 1 saturated carbocycles. The van der Waals surface area contributed by atoms with Crippen molar-refractivity contribution in [3.8, 4) is 0 Å². The lowest BCUT2D eigenvalue weighted by molar-refractivity contribution is 0.0383. The highest BCUT2D eigenvalue weighted by atomic mass is 16.5. The molecule has 0 radical (unpaired) electrons. The average molecular weight is 472 g/mol. The lowest BCUT2D eigenvalue weighted by Gasteiger charge is -2.33. The summed E-state index contributed by atoms with van der Waals surface area (Å²) in [6.07, 6.45) is 7.92. The molecule has 2 heterocycles. The first-order valence-corrected chi connectivity index (χ1v) is 13.1. The molecule has 34 heavy (non-hydrogen) atoms. The number of nitrogens with one attached hydrogen (secondary N) is 3. The molecule has 3 aliphatic rings. The zero-order valence-corrected chi connectivity index (χ0v) is 20.6. The molecule has 2 aliphatic heterocycles. The SMILES string of the molecule is CC1CCN(c2ccc(NC(=O)NC3CCCCC3)cc2C(=O)NCCN2CCOCC2)CC1. The number of hydrogen-bond donors (Lipinski definition) is 3. The van der Waals surface area contributed by atoms with Crippen LogP contribution in [0.3, 0.4) is 0 Å². The molecule has 0 unspecified atom stereocenters. The number of amides is 3. The Morgan fingerprint density at radius 1 is 1.00 bits per heavy atom. The van der Waals surface area contributed by atoms with Crippen LogP contribution in [-0.2, 0) is 4.74 Å².